The molecule has 0 aliphatic heterocycles. The number of hydrogen-bond donors (Lipinski definition) is 2. The molecule has 0 spiro atoms. The van der Waals surface area contributed by atoms with Crippen LogP contribution in [0, 0.1) is 0 Å². The van der Waals surface area contributed by atoms with E-state index in [1.807, 2.05) is 18.2 Å². The molecule has 0 saturated carbocycles. The van der Waals surface area contributed by atoms with Crippen LogP contribution in [0.2, 0.25) is 0 Å². The monoisotopic (exact) mass is 400 g/mol. The predicted molar refractivity (Wildman–Crippen MR) is 101 cm³/mol. The zero-order valence-electron chi connectivity index (χ0n) is 15.3. The molecule has 0 atom stereocenters. The second-order valence-electron chi connectivity index (χ2n) is 5.76. The van der Waals surface area contributed by atoms with E-state index in [1.54, 1.807) is 14.2 Å². The van der Waals surface area contributed by atoms with E-state index in [0.29, 0.717) is 23.9 Å². The van der Waals surface area contributed by atoms with Crippen molar-refractivity contribution in [3.05, 3.63) is 45.9 Å². The smallest absolute Gasteiger partial charge is 0.434 e. The number of alkyl halides is 3. The predicted octanol–water partition coefficient (Wildman–Crippen LogP) is 3.51. The van der Waals surface area contributed by atoms with Crippen LogP contribution in [-0.2, 0) is 19.0 Å². The van der Waals surface area contributed by atoms with Crippen molar-refractivity contribution in [2.75, 3.05) is 27.2 Å². The van der Waals surface area contributed by atoms with Crippen molar-refractivity contribution >= 4 is 17.3 Å². The Kier molecular flexibility index (Phi) is 7.90. The third-order valence-electron chi connectivity index (χ3n) is 3.77. The van der Waals surface area contributed by atoms with Crippen LogP contribution in [0.5, 0.6) is 5.75 Å². The van der Waals surface area contributed by atoms with E-state index < -0.39 is 11.9 Å². The van der Waals surface area contributed by atoms with E-state index >= 15 is 0 Å². The van der Waals surface area contributed by atoms with Gasteiger partial charge in [0, 0.05) is 31.9 Å². The summed E-state index contributed by atoms with van der Waals surface area (Å²) in [6.07, 6.45) is -2.16. The van der Waals surface area contributed by atoms with Crippen LogP contribution in [0.25, 0.3) is 0 Å². The number of thiazole rings is 1. The Hall–Kier alpha value is -2.29. The van der Waals surface area contributed by atoms with E-state index in [1.165, 1.54) is 5.56 Å². The second-order valence-corrected chi connectivity index (χ2v) is 6.70. The van der Waals surface area contributed by atoms with Gasteiger partial charge in [0.2, 0.25) is 0 Å². The first kappa shape index (κ1) is 21.0. The fourth-order valence-corrected chi connectivity index (χ4v) is 3.20. The molecule has 1 heterocycles. The van der Waals surface area contributed by atoms with Crippen LogP contribution in [0.4, 0.5) is 13.2 Å². The number of aryl methyl sites for hydroxylation is 1. The minimum Gasteiger partial charge on any atom is -0.497 e. The van der Waals surface area contributed by atoms with Gasteiger partial charge in [-0.05, 0) is 30.5 Å². The summed E-state index contributed by atoms with van der Waals surface area (Å²) < 4.78 is 42.8. The number of nitrogens with one attached hydrogen (secondary N) is 2. The number of aliphatic imine (C=N–C) groups is 1. The summed E-state index contributed by atoms with van der Waals surface area (Å²) in [6.45, 7) is 1.19. The number of rotatable bonds is 8. The molecule has 0 unspecified atom stereocenters. The van der Waals surface area contributed by atoms with Gasteiger partial charge in [-0.1, -0.05) is 12.1 Å². The fraction of sp³-hybridized carbons (Fsp3) is 0.444. The molecule has 148 valence electrons. The van der Waals surface area contributed by atoms with Crippen molar-refractivity contribution in [3.63, 3.8) is 0 Å². The number of benzene rings is 1. The molecular weight excluding hydrogens is 377 g/mol. The van der Waals surface area contributed by atoms with Crippen molar-refractivity contribution in [2.45, 2.75) is 25.4 Å². The summed E-state index contributed by atoms with van der Waals surface area (Å²) in [7, 11) is 3.30. The molecule has 0 fully saturated rings. The molecule has 0 saturated heterocycles. The molecule has 0 amide bonds. The van der Waals surface area contributed by atoms with Gasteiger partial charge >= 0.3 is 6.18 Å². The summed E-state index contributed by atoms with van der Waals surface area (Å²) in [4.78, 5) is 7.72. The maximum atomic E-state index is 12.5. The lowest BCUT2D eigenvalue weighted by Gasteiger charge is -2.11. The van der Waals surface area contributed by atoms with Crippen molar-refractivity contribution in [2.24, 2.45) is 4.99 Å². The highest BCUT2D eigenvalue weighted by Crippen LogP contribution is 2.29. The van der Waals surface area contributed by atoms with Gasteiger partial charge < -0.3 is 15.4 Å². The number of hydrogen-bond acceptors (Lipinski definition) is 4. The molecule has 0 aliphatic carbocycles. The molecule has 1 aromatic carbocycles. The maximum absolute atomic E-state index is 12.5. The highest BCUT2D eigenvalue weighted by molar-refractivity contribution is 7.09. The summed E-state index contributed by atoms with van der Waals surface area (Å²) in [6, 6.07) is 7.94. The number of halogens is 3. The largest absolute Gasteiger partial charge is 0.497 e. The van der Waals surface area contributed by atoms with E-state index in [-0.39, 0.29) is 0 Å². The standard InChI is InChI=1S/C18H23F3N4OS/c1-22-17(23-9-4-6-13-5-3-7-14(11-13)26-2)24-10-8-16-25-15(12-27-16)18(19,20)21/h3,5,7,11-12H,4,6,8-10H2,1-2H3,(H2,22,23,24). The highest BCUT2D eigenvalue weighted by atomic mass is 32.1. The van der Waals surface area contributed by atoms with Gasteiger partial charge in [-0.15, -0.1) is 11.3 Å². The van der Waals surface area contributed by atoms with Crippen LogP contribution in [0.15, 0.2) is 34.6 Å². The van der Waals surface area contributed by atoms with Gasteiger partial charge in [-0.2, -0.15) is 13.2 Å². The molecule has 0 radical (unpaired) electrons. The van der Waals surface area contributed by atoms with Crippen LogP contribution >= 0.6 is 11.3 Å². The van der Waals surface area contributed by atoms with Gasteiger partial charge in [0.1, 0.15) is 5.75 Å². The Morgan fingerprint density at radius 2 is 2.00 bits per heavy atom. The minimum atomic E-state index is -4.39. The summed E-state index contributed by atoms with van der Waals surface area (Å²) in [5.74, 6) is 1.46. The normalized spacial score (nSPS) is 12.1. The quantitative estimate of drug-likeness (QED) is 0.405. The number of ether oxygens (including phenoxy) is 1. The first-order chi connectivity index (χ1) is 12.9. The van der Waals surface area contributed by atoms with E-state index in [0.717, 1.165) is 41.9 Å². The van der Waals surface area contributed by atoms with Crippen LogP contribution in [-0.4, -0.2) is 38.2 Å². The molecule has 2 aromatic rings. The van der Waals surface area contributed by atoms with Crippen LogP contribution < -0.4 is 15.4 Å². The molecular formula is C18H23F3N4OS. The summed E-state index contributed by atoms with van der Waals surface area (Å²) in [5.41, 5.74) is 0.367. The topological polar surface area (TPSA) is 58.5 Å². The van der Waals surface area contributed by atoms with Gasteiger partial charge in [0.05, 0.1) is 12.1 Å². The summed E-state index contributed by atoms with van der Waals surface area (Å²) >= 11 is 1.02. The van der Waals surface area contributed by atoms with Gasteiger partial charge in [-0.25, -0.2) is 4.98 Å². The van der Waals surface area contributed by atoms with Crippen molar-refractivity contribution in [3.8, 4) is 5.75 Å². The van der Waals surface area contributed by atoms with Gasteiger partial charge in [-0.3, -0.25) is 4.99 Å². The first-order valence-electron chi connectivity index (χ1n) is 8.51. The third-order valence-corrected chi connectivity index (χ3v) is 4.67. The highest BCUT2D eigenvalue weighted by Gasteiger charge is 2.33. The van der Waals surface area contributed by atoms with Crippen molar-refractivity contribution in [1.82, 2.24) is 15.6 Å². The lowest BCUT2D eigenvalue weighted by Crippen LogP contribution is -2.38. The third kappa shape index (κ3) is 7.09. The zero-order chi connectivity index (χ0) is 19.7. The average molecular weight is 400 g/mol. The number of aromatic nitrogens is 1. The molecule has 9 heteroatoms. The molecule has 1 aromatic heterocycles. The molecule has 2 N–H and O–H groups in total. The molecule has 27 heavy (non-hydrogen) atoms. The SMILES string of the molecule is CN=C(NCCCc1cccc(OC)c1)NCCc1nc(C(F)(F)F)cs1. The Labute approximate surface area is 160 Å². The summed E-state index contributed by atoms with van der Waals surface area (Å²) in [5, 5.41) is 7.77. The Balaban J connectivity index is 1.67. The van der Waals surface area contributed by atoms with Crippen LogP contribution in [0.3, 0.4) is 0 Å². The maximum Gasteiger partial charge on any atom is 0.434 e. The van der Waals surface area contributed by atoms with E-state index in [2.05, 4.69) is 26.7 Å². The van der Waals surface area contributed by atoms with E-state index in [4.69, 9.17) is 4.74 Å². The molecule has 5 nitrogen and oxygen atoms in total. The molecule has 2 rings (SSSR count). The average Bonchev–Trinajstić information content (AvgIpc) is 3.13. The number of nitrogens with zero attached hydrogens (tertiary/aromatic N) is 2. The Morgan fingerprint density at radius 3 is 2.67 bits per heavy atom. The first-order valence-corrected chi connectivity index (χ1v) is 9.39. The second kappa shape index (κ2) is 10.1. The van der Waals surface area contributed by atoms with Crippen LogP contribution in [0.1, 0.15) is 22.7 Å². The van der Waals surface area contributed by atoms with E-state index in [9.17, 15) is 13.2 Å². The fourth-order valence-electron chi connectivity index (χ4n) is 2.39. The Bertz CT molecular complexity index is 746. The van der Waals surface area contributed by atoms with Crippen molar-refractivity contribution in [1.29, 1.82) is 0 Å². The zero-order valence-corrected chi connectivity index (χ0v) is 16.1. The Morgan fingerprint density at radius 1 is 1.22 bits per heavy atom. The number of guanidine groups is 1. The molecule has 0 bridgehead atoms. The lowest BCUT2D eigenvalue weighted by atomic mass is 10.1. The minimum absolute atomic E-state index is 0.408. The van der Waals surface area contributed by atoms with Gasteiger partial charge in [0.15, 0.2) is 11.7 Å². The van der Waals surface area contributed by atoms with Gasteiger partial charge in [0.25, 0.3) is 0 Å². The number of methoxy groups -OCH3 is 1. The lowest BCUT2D eigenvalue weighted by molar-refractivity contribution is -0.140. The molecule has 0 aliphatic rings. The van der Waals surface area contributed by atoms with Crippen molar-refractivity contribution < 1.29 is 17.9 Å².